The molecule has 4 heteroatoms. The van der Waals surface area contributed by atoms with Crippen LogP contribution in [0.3, 0.4) is 0 Å². The van der Waals surface area contributed by atoms with Crippen LogP contribution in [0.25, 0.3) is 0 Å². The van der Waals surface area contributed by atoms with Gasteiger partial charge in [-0.2, -0.15) is 11.8 Å². The molecule has 0 spiro atoms. The van der Waals surface area contributed by atoms with E-state index in [-0.39, 0.29) is 0 Å². The van der Waals surface area contributed by atoms with Crippen molar-refractivity contribution in [3.05, 3.63) is 0 Å². The Morgan fingerprint density at radius 3 is 2.58 bits per heavy atom. The number of nitrogens with two attached hydrogens (primary N) is 1. The lowest BCUT2D eigenvalue weighted by molar-refractivity contribution is -0.134. The van der Waals surface area contributed by atoms with Crippen molar-refractivity contribution in [2.75, 3.05) is 25.1 Å². The van der Waals surface area contributed by atoms with Crippen molar-refractivity contribution >= 4 is 17.7 Å². The van der Waals surface area contributed by atoms with Crippen molar-refractivity contribution < 1.29 is 4.79 Å². The predicted molar refractivity (Wildman–Crippen MR) is 82.2 cm³/mol. The summed E-state index contributed by atoms with van der Waals surface area (Å²) in [6.45, 7) is 0.725. The van der Waals surface area contributed by atoms with Crippen molar-refractivity contribution in [1.29, 1.82) is 0 Å². The number of nitrogens with zero attached hydrogens (tertiary/aromatic N) is 1. The maximum absolute atomic E-state index is 12.5. The number of carbonyl (C=O) groups excluding carboxylic acids is 1. The Hall–Kier alpha value is -0.220. The highest BCUT2D eigenvalue weighted by Gasteiger charge is 2.30. The largest absolute Gasteiger partial charge is 0.342 e. The van der Waals surface area contributed by atoms with Gasteiger partial charge in [-0.3, -0.25) is 4.79 Å². The highest BCUT2D eigenvalue weighted by molar-refractivity contribution is 7.99. The zero-order valence-electron chi connectivity index (χ0n) is 12.1. The fourth-order valence-electron chi connectivity index (χ4n) is 3.50. The average molecular weight is 284 g/mol. The summed E-state index contributed by atoms with van der Waals surface area (Å²) in [5.74, 6) is 3.95. The molecule has 0 aromatic heterocycles. The van der Waals surface area contributed by atoms with Crippen LogP contribution in [0, 0.1) is 11.8 Å². The molecule has 1 heterocycles. The van der Waals surface area contributed by atoms with Gasteiger partial charge in [0.25, 0.3) is 0 Å². The molecule has 1 saturated heterocycles. The number of rotatable bonds is 4. The molecule has 0 aromatic carbocycles. The van der Waals surface area contributed by atoms with Crippen molar-refractivity contribution in [3.63, 3.8) is 0 Å². The van der Waals surface area contributed by atoms with E-state index in [1.54, 1.807) is 0 Å². The summed E-state index contributed by atoms with van der Waals surface area (Å²) in [7, 11) is 2.00. The van der Waals surface area contributed by atoms with Gasteiger partial charge in [-0.15, -0.1) is 0 Å². The molecule has 2 atom stereocenters. The SMILES string of the molecule is CN(C(=O)CC1CCSCC1)C1CCCCC1CN. The summed E-state index contributed by atoms with van der Waals surface area (Å²) in [6, 6.07) is 0.393. The van der Waals surface area contributed by atoms with Gasteiger partial charge in [-0.25, -0.2) is 0 Å². The molecule has 0 aromatic rings. The lowest BCUT2D eigenvalue weighted by atomic mass is 9.83. The van der Waals surface area contributed by atoms with Crippen LogP contribution >= 0.6 is 11.8 Å². The quantitative estimate of drug-likeness (QED) is 0.863. The maximum atomic E-state index is 12.5. The van der Waals surface area contributed by atoms with Gasteiger partial charge in [0.05, 0.1) is 0 Å². The molecule has 2 fully saturated rings. The first-order valence-corrected chi connectivity index (χ1v) is 8.91. The van der Waals surface area contributed by atoms with E-state index in [0.29, 0.717) is 23.8 Å². The van der Waals surface area contributed by atoms with Crippen LogP contribution in [-0.2, 0) is 4.79 Å². The minimum Gasteiger partial charge on any atom is -0.342 e. The number of carbonyl (C=O) groups is 1. The van der Waals surface area contributed by atoms with Crippen LogP contribution in [0.1, 0.15) is 44.9 Å². The standard InChI is InChI=1S/C15H28N2OS/c1-17(14-5-3-2-4-13(14)11-16)15(18)10-12-6-8-19-9-7-12/h12-14H,2-11,16H2,1H3. The normalized spacial score (nSPS) is 29.2. The highest BCUT2D eigenvalue weighted by Crippen LogP contribution is 2.30. The molecule has 2 unspecified atom stereocenters. The van der Waals surface area contributed by atoms with Gasteiger partial charge in [0, 0.05) is 19.5 Å². The van der Waals surface area contributed by atoms with Crippen molar-refractivity contribution in [1.82, 2.24) is 4.90 Å². The fourth-order valence-corrected chi connectivity index (χ4v) is 4.70. The second-order valence-electron chi connectivity index (χ2n) is 6.11. The molecule has 0 bridgehead atoms. The molecule has 3 nitrogen and oxygen atoms in total. The van der Waals surface area contributed by atoms with Crippen LogP contribution < -0.4 is 5.73 Å². The van der Waals surface area contributed by atoms with E-state index in [2.05, 4.69) is 0 Å². The number of amides is 1. The van der Waals surface area contributed by atoms with Gasteiger partial charge in [-0.05, 0) is 55.6 Å². The van der Waals surface area contributed by atoms with Crippen LogP contribution in [0.2, 0.25) is 0 Å². The topological polar surface area (TPSA) is 46.3 Å². The zero-order valence-corrected chi connectivity index (χ0v) is 13.0. The molecule has 1 amide bonds. The Morgan fingerprint density at radius 2 is 1.89 bits per heavy atom. The third kappa shape index (κ3) is 4.12. The summed E-state index contributed by atoms with van der Waals surface area (Å²) >= 11 is 2.02. The van der Waals surface area contributed by atoms with Gasteiger partial charge >= 0.3 is 0 Å². The van der Waals surface area contributed by atoms with Crippen LogP contribution in [0.15, 0.2) is 0 Å². The summed E-state index contributed by atoms with van der Waals surface area (Å²) in [5.41, 5.74) is 5.88. The third-order valence-electron chi connectivity index (χ3n) is 4.87. The van der Waals surface area contributed by atoms with Gasteiger partial charge in [-0.1, -0.05) is 12.8 Å². The highest BCUT2D eigenvalue weighted by atomic mass is 32.2. The Morgan fingerprint density at radius 1 is 1.21 bits per heavy atom. The number of hydrogen-bond donors (Lipinski definition) is 1. The second-order valence-corrected chi connectivity index (χ2v) is 7.34. The van der Waals surface area contributed by atoms with E-state index in [0.717, 1.165) is 19.4 Å². The van der Waals surface area contributed by atoms with Crippen molar-refractivity contribution in [2.45, 2.75) is 51.0 Å². The van der Waals surface area contributed by atoms with Gasteiger partial charge in [0.1, 0.15) is 0 Å². The van der Waals surface area contributed by atoms with Crippen molar-refractivity contribution in [2.24, 2.45) is 17.6 Å². The first kappa shape index (κ1) is 15.2. The van der Waals surface area contributed by atoms with E-state index < -0.39 is 0 Å². The lowest BCUT2D eigenvalue weighted by Gasteiger charge is -2.38. The predicted octanol–water partition coefficient (Wildman–Crippen LogP) is 2.50. The van der Waals surface area contributed by atoms with Gasteiger partial charge < -0.3 is 10.6 Å². The molecule has 19 heavy (non-hydrogen) atoms. The third-order valence-corrected chi connectivity index (χ3v) is 5.92. The van der Waals surface area contributed by atoms with Crippen LogP contribution in [0.4, 0.5) is 0 Å². The minimum atomic E-state index is 0.349. The monoisotopic (exact) mass is 284 g/mol. The minimum absolute atomic E-state index is 0.349. The van der Waals surface area contributed by atoms with E-state index in [1.165, 1.54) is 43.6 Å². The first-order valence-electron chi connectivity index (χ1n) is 7.76. The lowest BCUT2D eigenvalue weighted by Crippen LogP contribution is -2.46. The van der Waals surface area contributed by atoms with Crippen LogP contribution in [-0.4, -0.2) is 41.9 Å². The number of hydrogen-bond acceptors (Lipinski definition) is 3. The molecule has 1 saturated carbocycles. The molecular weight excluding hydrogens is 256 g/mol. The first-order chi connectivity index (χ1) is 9.22. The summed E-state index contributed by atoms with van der Waals surface area (Å²) in [5, 5.41) is 0. The molecule has 0 radical (unpaired) electrons. The van der Waals surface area contributed by atoms with Crippen molar-refractivity contribution in [3.8, 4) is 0 Å². The Kier molecular flexibility index (Phi) is 6.02. The molecule has 1 aliphatic carbocycles. The molecule has 2 rings (SSSR count). The van der Waals surface area contributed by atoms with Gasteiger partial charge in [0.2, 0.25) is 5.91 Å². The Bertz CT molecular complexity index is 292. The smallest absolute Gasteiger partial charge is 0.222 e. The molecule has 1 aliphatic heterocycles. The molecular formula is C15H28N2OS. The molecule has 110 valence electrons. The molecule has 2 N–H and O–H groups in total. The summed E-state index contributed by atoms with van der Waals surface area (Å²) in [4.78, 5) is 14.5. The fraction of sp³-hybridized carbons (Fsp3) is 0.933. The average Bonchev–Trinajstić information content (AvgIpc) is 2.47. The Labute approximate surface area is 121 Å². The van der Waals surface area contributed by atoms with E-state index >= 15 is 0 Å². The summed E-state index contributed by atoms with van der Waals surface area (Å²) in [6.07, 6.45) is 8.05. The van der Waals surface area contributed by atoms with E-state index in [1.807, 2.05) is 23.7 Å². The maximum Gasteiger partial charge on any atom is 0.222 e. The zero-order chi connectivity index (χ0) is 13.7. The van der Waals surface area contributed by atoms with E-state index in [4.69, 9.17) is 5.73 Å². The Balaban J connectivity index is 1.86. The number of thioether (sulfide) groups is 1. The molecule has 2 aliphatic rings. The van der Waals surface area contributed by atoms with Gasteiger partial charge in [0.15, 0.2) is 0 Å². The van der Waals surface area contributed by atoms with E-state index in [9.17, 15) is 4.79 Å². The van der Waals surface area contributed by atoms with Crippen LogP contribution in [0.5, 0.6) is 0 Å². The summed E-state index contributed by atoms with van der Waals surface area (Å²) < 4.78 is 0. The second kappa shape index (κ2) is 7.53.